The molecule has 0 amide bonds. The van der Waals surface area contributed by atoms with Gasteiger partial charge in [-0.1, -0.05) is 12.1 Å². The Bertz CT molecular complexity index is 513. The molecule has 6 heteroatoms. The zero-order chi connectivity index (χ0) is 11.0. The van der Waals surface area contributed by atoms with Crippen LogP contribution in [0.15, 0.2) is 24.3 Å². The Balaban J connectivity index is 2.84. The summed E-state index contributed by atoms with van der Waals surface area (Å²) in [5, 5.41) is 35.8. The van der Waals surface area contributed by atoms with Crippen LogP contribution in [0, 0.1) is 10.4 Å². The minimum atomic E-state index is -1.08. The van der Waals surface area contributed by atoms with Crippen LogP contribution in [0.25, 0.3) is 11.0 Å². The summed E-state index contributed by atoms with van der Waals surface area (Å²) in [6.45, 7) is 1.38. The lowest BCUT2D eigenvalue weighted by Crippen LogP contribution is -2.46. The molecule has 78 valence electrons. The highest BCUT2D eigenvalue weighted by Gasteiger charge is 2.24. The predicted molar refractivity (Wildman–Crippen MR) is 50.3 cm³/mol. The second-order valence-corrected chi connectivity index (χ2v) is 3.19. The van der Waals surface area contributed by atoms with Gasteiger partial charge in [-0.3, -0.25) is 0 Å². The van der Waals surface area contributed by atoms with E-state index in [1.807, 2.05) is 0 Å². The largest absolute Gasteiger partial charge is 0.710 e. The van der Waals surface area contributed by atoms with E-state index in [1.165, 1.54) is 19.1 Å². The molecule has 0 saturated carbocycles. The van der Waals surface area contributed by atoms with Crippen molar-refractivity contribution in [1.29, 1.82) is 0 Å². The first-order chi connectivity index (χ1) is 7.11. The molecular weight excluding hydrogens is 198 g/mol. The van der Waals surface area contributed by atoms with Crippen LogP contribution < -0.4 is 9.58 Å². The van der Waals surface area contributed by atoms with E-state index in [-0.39, 0.29) is 16.9 Å². The molecule has 1 atom stereocenters. The van der Waals surface area contributed by atoms with E-state index >= 15 is 0 Å². The van der Waals surface area contributed by atoms with Crippen LogP contribution in [0.4, 0.5) is 0 Å². The molecule has 0 aliphatic heterocycles. The lowest BCUT2D eigenvalue weighted by Gasteiger charge is -2.08. The summed E-state index contributed by atoms with van der Waals surface area (Å²) < 4.78 is 0.467. The SMILES string of the molecule is CC(O)c1n[n+]([O-])c2ccccc2[n+]1[O-]. The number of fused-ring (bicyclic) bond motifs is 1. The van der Waals surface area contributed by atoms with Crippen molar-refractivity contribution in [2.45, 2.75) is 13.0 Å². The van der Waals surface area contributed by atoms with Gasteiger partial charge in [0.2, 0.25) is 10.6 Å². The first kappa shape index (κ1) is 9.60. The average Bonchev–Trinajstić information content (AvgIpc) is 2.23. The maximum atomic E-state index is 11.7. The Morgan fingerprint density at radius 3 is 2.47 bits per heavy atom. The Morgan fingerprint density at radius 2 is 1.87 bits per heavy atom. The molecule has 0 bridgehead atoms. The second-order valence-electron chi connectivity index (χ2n) is 3.19. The van der Waals surface area contributed by atoms with Crippen LogP contribution >= 0.6 is 0 Å². The molecule has 1 heterocycles. The molecule has 1 aromatic carbocycles. The minimum absolute atomic E-state index is 0.178. The van der Waals surface area contributed by atoms with E-state index in [0.717, 1.165) is 0 Å². The van der Waals surface area contributed by atoms with Crippen molar-refractivity contribution in [3.8, 4) is 0 Å². The van der Waals surface area contributed by atoms with Crippen LogP contribution in [-0.2, 0) is 0 Å². The molecule has 0 spiro atoms. The minimum Gasteiger partial charge on any atom is -0.710 e. The summed E-state index contributed by atoms with van der Waals surface area (Å²) in [4.78, 5) is 0.339. The number of benzene rings is 1. The maximum absolute atomic E-state index is 11.7. The van der Waals surface area contributed by atoms with E-state index in [1.54, 1.807) is 12.1 Å². The van der Waals surface area contributed by atoms with Gasteiger partial charge >= 0.3 is 11.3 Å². The van der Waals surface area contributed by atoms with E-state index in [0.29, 0.717) is 9.58 Å². The smallest absolute Gasteiger partial charge is 0.405 e. The van der Waals surface area contributed by atoms with E-state index in [9.17, 15) is 15.5 Å². The molecule has 6 nitrogen and oxygen atoms in total. The number of nitrogens with zero attached hydrogens (tertiary/aromatic N) is 3. The van der Waals surface area contributed by atoms with Crippen LogP contribution in [0.5, 0.6) is 0 Å². The predicted octanol–water partition coefficient (Wildman–Crippen LogP) is -0.445. The first-order valence-corrected chi connectivity index (χ1v) is 4.41. The van der Waals surface area contributed by atoms with Gasteiger partial charge in [0.25, 0.3) is 0 Å². The Kier molecular flexibility index (Phi) is 2.12. The third-order valence-corrected chi connectivity index (χ3v) is 2.08. The van der Waals surface area contributed by atoms with Gasteiger partial charge in [-0.2, -0.15) is 0 Å². The molecule has 0 aliphatic rings. The van der Waals surface area contributed by atoms with Gasteiger partial charge in [0.1, 0.15) is 0 Å². The third kappa shape index (κ3) is 1.44. The monoisotopic (exact) mass is 207 g/mol. The first-order valence-electron chi connectivity index (χ1n) is 4.41. The van der Waals surface area contributed by atoms with Gasteiger partial charge in [0.15, 0.2) is 6.10 Å². The highest BCUT2D eigenvalue weighted by molar-refractivity contribution is 5.66. The van der Waals surface area contributed by atoms with Crippen molar-refractivity contribution in [2.24, 2.45) is 0 Å². The summed E-state index contributed by atoms with van der Waals surface area (Å²) in [6, 6.07) is 6.28. The van der Waals surface area contributed by atoms with Crippen LogP contribution in [0.3, 0.4) is 0 Å². The topological polar surface area (TPSA) is 87.0 Å². The summed E-state index contributed by atoms with van der Waals surface area (Å²) in [7, 11) is 0. The van der Waals surface area contributed by atoms with E-state index in [2.05, 4.69) is 5.10 Å². The molecule has 0 fully saturated rings. The molecule has 1 unspecified atom stereocenters. The van der Waals surface area contributed by atoms with Crippen molar-refractivity contribution < 1.29 is 14.7 Å². The molecule has 0 radical (unpaired) electrons. The van der Waals surface area contributed by atoms with Crippen LogP contribution in [-0.4, -0.2) is 10.2 Å². The van der Waals surface area contributed by atoms with Crippen LogP contribution in [0.2, 0.25) is 0 Å². The van der Waals surface area contributed by atoms with Gasteiger partial charge in [0.05, 0.1) is 4.85 Å². The molecule has 15 heavy (non-hydrogen) atoms. The Labute approximate surface area is 85.2 Å². The molecule has 0 aliphatic carbocycles. The fraction of sp³-hybridized carbons (Fsp3) is 0.222. The number of aliphatic hydroxyl groups is 1. The number of hydrogen-bond acceptors (Lipinski definition) is 4. The highest BCUT2D eigenvalue weighted by atomic mass is 16.5. The molecule has 2 aromatic rings. The van der Waals surface area contributed by atoms with E-state index < -0.39 is 6.10 Å². The lowest BCUT2D eigenvalue weighted by atomic mass is 10.3. The average molecular weight is 207 g/mol. The molecule has 1 N–H and O–H groups in total. The zero-order valence-corrected chi connectivity index (χ0v) is 7.99. The quantitative estimate of drug-likeness (QED) is 0.507. The third-order valence-electron chi connectivity index (χ3n) is 2.08. The molecular formula is C9H9N3O3. The number of rotatable bonds is 1. The van der Waals surface area contributed by atoms with Gasteiger partial charge in [0, 0.05) is 6.07 Å². The number of aromatic nitrogens is 3. The summed E-state index contributed by atoms with van der Waals surface area (Å²) in [5.74, 6) is -0.205. The summed E-state index contributed by atoms with van der Waals surface area (Å²) in [6.07, 6.45) is -1.08. The van der Waals surface area contributed by atoms with Crippen LogP contribution in [0.1, 0.15) is 18.9 Å². The molecule has 2 rings (SSSR count). The highest BCUT2D eigenvalue weighted by Crippen LogP contribution is 2.07. The van der Waals surface area contributed by atoms with Crippen molar-refractivity contribution >= 4 is 11.0 Å². The molecule has 0 saturated heterocycles. The fourth-order valence-corrected chi connectivity index (χ4v) is 1.36. The maximum Gasteiger partial charge on any atom is 0.405 e. The second kappa shape index (κ2) is 3.32. The summed E-state index contributed by atoms with van der Waals surface area (Å²) in [5.41, 5.74) is 0.371. The standard InChI is InChI=1S/C9H9N3O3/c1-6(13)9-10-12(15)8-5-3-2-4-7(8)11(9)14/h2-6,13H,1H3. The van der Waals surface area contributed by atoms with Gasteiger partial charge in [-0.05, 0) is 13.0 Å². The van der Waals surface area contributed by atoms with Crippen molar-refractivity contribution in [3.05, 3.63) is 40.5 Å². The van der Waals surface area contributed by atoms with Gasteiger partial charge in [-0.25, -0.2) is 4.73 Å². The van der Waals surface area contributed by atoms with Gasteiger partial charge < -0.3 is 15.5 Å². The van der Waals surface area contributed by atoms with Crippen molar-refractivity contribution in [2.75, 3.05) is 0 Å². The lowest BCUT2D eigenvalue weighted by molar-refractivity contribution is -0.687. The van der Waals surface area contributed by atoms with Crippen molar-refractivity contribution in [3.63, 3.8) is 0 Å². The number of hydrogen-bond donors (Lipinski definition) is 1. The summed E-state index contributed by atoms with van der Waals surface area (Å²) >= 11 is 0. The van der Waals surface area contributed by atoms with Gasteiger partial charge in [-0.15, -0.1) is 0 Å². The van der Waals surface area contributed by atoms with Crippen molar-refractivity contribution in [1.82, 2.24) is 5.10 Å². The Hall–Kier alpha value is -1.95. The fourth-order valence-electron chi connectivity index (χ4n) is 1.36. The number of para-hydroxylation sites is 2. The number of aliphatic hydroxyl groups excluding tert-OH is 1. The normalized spacial score (nSPS) is 12.9. The molecule has 1 aromatic heterocycles. The van der Waals surface area contributed by atoms with E-state index in [4.69, 9.17) is 0 Å². The Morgan fingerprint density at radius 1 is 1.27 bits per heavy atom. The zero-order valence-electron chi connectivity index (χ0n) is 7.99.